The Morgan fingerprint density at radius 3 is 2.11 bits per heavy atom. The van der Waals surface area contributed by atoms with Crippen molar-refractivity contribution in [2.45, 2.75) is 13.0 Å². The third-order valence-electron chi connectivity index (χ3n) is 5.42. The minimum absolute atomic E-state index is 0.0833. The minimum atomic E-state index is -1.02. The van der Waals surface area contributed by atoms with E-state index in [9.17, 15) is 24.0 Å². The number of para-hydroxylation sites is 1. The highest BCUT2D eigenvalue weighted by atomic mass is 16.5. The number of carbonyl (C=O) groups excluding carboxylic acids is 5. The Labute approximate surface area is 206 Å². The van der Waals surface area contributed by atoms with Gasteiger partial charge >= 0.3 is 5.97 Å². The van der Waals surface area contributed by atoms with Crippen LogP contribution in [0.4, 0.5) is 5.69 Å². The van der Waals surface area contributed by atoms with Crippen molar-refractivity contribution in [1.29, 1.82) is 0 Å². The number of hydrogen-bond acceptors (Lipinski definition) is 7. The number of rotatable bonds is 8. The van der Waals surface area contributed by atoms with Crippen molar-refractivity contribution in [3.05, 3.63) is 95.1 Å². The molecule has 3 aromatic carbocycles. The smallest absolute Gasteiger partial charge is 0.328 e. The maximum absolute atomic E-state index is 13.0. The quantitative estimate of drug-likeness (QED) is 0.366. The number of nitrogens with one attached hydrogen (secondary N) is 2. The van der Waals surface area contributed by atoms with Crippen molar-refractivity contribution in [3.8, 4) is 5.75 Å². The molecule has 4 rings (SSSR count). The zero-order chi connectivity index (χ0) is 25.7. The van der Waals surface area contributed by atoms with Crippen LogP contribution in [0.15, 0.2) is 72.8 Å². The lowest BCUT2D eigenvalue weighted by Gasteiger charge is -2.20. The molecule has 0 fully saturated rings. The van der Waals surface area contributed by atoms with E-state index >= 15 is 0 Å². The van der Waals surface area contributed by atoms with Gasteiger partial charge in [-0.2, -0.15) is 0 Å². The van der Waals surface area contributed by atoms with Gasteiger partial charge in [-0.1, -0.05) is 54.6 Å². The number of benzene rings is 3. The first-order valence-corrected chi connectivity index (χ1v) is 11.1. The summed E-state index contributed by atoms with van der Waals surface area (Å²) < 4.78 is 10.3. The first-order chi connectivity index (χ1) is 17.3. The molecule has 1 atom stereocenters. The zero-order valence-corrected chi connectivity index (χ0v) is 19.3. The normalized spacial score (nSPS) is 12.6. The van der Waals surface area contributed by atoms with Gasteiger partial charge in [-0.3, -0.25) is 19.2 Å². The summed E-state index contributed by atoms with van der Waals surface area (Å²) in [6, 6.07) is 18.7. The molecule has 9 nitrogen and oxygen atoms in total. The van der Waals surface area contributed by atoms with Crippen LogP contribution < -0.4 is 15.4 Å². The van der Waals surface area contributed by atoms with Gasteiger partial charge in [-0.15, -0.1) is 0 Å². The minimum Gasteiger partial charge on any atom is -0.484 e. The average molecular weight is 486 g/mol. The molecule has 0 saturated heterocycles. The number of carbonyl (C=O) groups is 5. The monoisotopic (exact) mass is 486 g/mol. The van der Waals surface area contributed by atoms with Crippen molar-refractivity contribution in [2.75, 3.05) is 18.5 Å². The third-order valence-corrected chi connectivity index (χ3v) is 5.42. The van der Waals surface area contributed by atoms with Gasteiger partial charge in [0.15, 0.2) is 24.8 Å². The summed E-state index contributed by atoms with van der Waals surface area (Å²) in [5.74, 6) is -2.26. The topological polar surface area (TPSA) is 128 Å². The van der Waals surface area contributed by atoms with Gasteiger partial charge in [0, 0.05) is 16.7 Å². The fraction of sp³-hybridized carbons (Fsp3) is 0.148. The van der Waals surface area contributed by atoms with E-state index < -0.39 is 30.4 Å². The molecule has 0 saturated carbocycles. The summed E-state index contributed by atoms with van der Waals surface area (Å²) in [5, 5.41) is 4.96. The van der Waals surface area contributed by atoms with Crippen LogP contribution in [0.2, 0.25) is 0 Å². The molecule has 0 bridgehead atoms. The van der Waals surface area contributed by atoms with Crippen molar-refractivity contribution >= 4 is 35.0 Å². The Hall–Kier alpha value is -4.79. The summed E-state index contributed by atoms with van der Waals surface area (Å²) in [6.45, 7) is 0.467. The molecular formula is C27H22N2O7. The molecule has 3 aromatic rings. The molecule has 2 N–H and O–H groups in total. The summed E-state index contributed by atoms with van der Waals surface area (Å²) in [4.78, 5) is 62.5. The Balaban J connectivity index is 1.32. The van der Waals surface area contributed by atoms with Crippen molar-refractivity contribution in [2.24, 2.45) is 0 Å². The summed E-state index contributed by atoms with van der Waals surface area (Å²) in [7, 11) is 0. The number of ketones is 2. The molecule has 0 unspecified atom stereocenters. The van der Waals surface area contributed by atoms with Gasteiger partial charge in [0.2, 0.25) is 0 Å². The van der Waals surface area contributed by atoms with Gasteiger partial charge < -0.3 is 20.1 Å². The molecule has 182 valence electrons. The largest absolute Gasteiger partial charge is 0.484 e. The first-order valence-electron chi connectivity index (χ1n) is 11.1. The predicted octanol–water partition coefficient (Wildman–Crippen LogP) is 2.53. The van der Waals surface area contributed by atoms with E-state index in [-0.39, 0.29) is 40.6 Å². The number of anilines is 1. The van der Waals surface area contributed by atoms with Gasteiger partial charge in [-0.25, -0.2) is 4.79 Å². The molecule has 1 aliphatic rings. The molecule has 2 amide bonds. The maximum Gasteiger partial charge on any atom is 0.328 e. The Morgan fingerprint density at radius 1 is 0.750 bits per heavy atom. The van der Waals surface area contributed by atoms with Gasteiger partial charge in [0.05, 0.1) is 11.3 Å². The Morgan fingerprint density at radius 2 is 1.39 bits per heavy atom. The molecule has 0 spiro atoms. The van der Waals surface area contributed by atoms with Crippen LogP contribution in [0.1, 0.15) is 38.8 Å². The van der Waals surface area contributed by atoms with Gasteiger partial charge in [0.1, 0.15) is 11.8 Å². The van der Waals surface area contributed by atoms with E-state index in [4.69, 9.17) is 9.47 Å². The highest BCUT2D eigenvalue weighted by Gasteiger charge is 2.31. The van der Waals surface area contributed by atoms with Crippen LogP contribution >= 0.6 is 0 Å². The standard InChI is InChI=1S/C27H22N2O7/c1-16(28-22(30)14-35-17-8-3-2-4-9-17)27(34)36-15-23(31)29-21-13-7-12-20-24(21)26(33)19-11-6-5-10-18(19)25(20)32/h2-13,16H,14-15H2,1H3,(H,28,30)(H,29,31)/t16-/m1/s1. The molecule has 36 heavy (non-hydrogen) atoms. The lowest BCUT2D eigenvalue weighted by Crippen LogP contribution is -2.42. The highest BCUT2D eigenvalue weighted by Crippen LogP contribution is 2.31. The Bertz CT molecular complexity index is 1350. The molecule has 9 heteroatoms. The van der Waals surface area contributed by atoms with Crippen molar-refractivity contribution in [3.63, 3.8) is 0 Å². The molecule has 0 aromatic heterocycles. The van der Waals surface area contributed by atoms with Gasteiger partial charge in [0.25, 0.3) is 11.8 Å². The van der Waals surface area contributed by atoms with E-state index in [1.54, 1.807) is 54.6 Å². The second-order valence-corrected chi connectivity index (χ2v) is 7.98. The molecule has 0 heterocycles. The van der Waals surface area contributed by atoms with Crippen LogP contribution in [-0.2, 0) is 19.1 Å². The van der Waals surface area contributed by atoms with Gasteiger partial charge in [-0.05, 0) is 25.1 Å². The maximum atomic E-state index is 13.0. The number of amides is 2. The SMILES string of the molecule is C[C@@H](NC(=O)COc1ccccc1)C(=O)OCC(=O)Nc1cccc2c1C(=O)c1ccccc1C2=O. The zero-order valence-electron chi connectivity index (χ0n) is 19.3. The van der Waals surface area contributed by atoms with Crippen LogP contribution in [0, 0.1) is 0 Å². The van der Waals surface area contributed by atoms with Crippen molar-refractivity contribution < 1.29 is 33.4 Å². The highest BCUT2D eigenvalue weighted by molar-refractivity contribution is 6.30. The molecular weight excluding hydrogens is 464 g/mol. The summed E-state index contributed by atoms with van der Waals surface area (Å²) in [5.41, 5.74) is 0.963. The Kier molecular flexibility index (Phi) is 7.20. The summed E-state index contributed by atoms with van der Waals surface area (Å²) >= 11 is 0. The molecule has 1 aliphatic carbocycles. The first kappa shape index (κ1) is 24.3. The van der Waals surface area contributed by atoms with Crippen LogP contribution in [0.25, 0.3) is 0 Å². The number of fused-ring (bicyclic) bond motifs is 2. The number of ether oxygens (including phenoxy) is 2. The second-order valence-electron chi connectivity index (χ2n) is 7.98. The summed E-state index contributed by atoms with van der Waals surface area (Å²) in [6.07, 6.45) is 0. The van der Waals surface area contributed by atoms with E-state index in [0.29, 0.717) is 11.3 Å². The van der Waals surface area contributed by atoms with Crippen LogP contribution in [0.3, 0.4) is 0 Å². The van der Waals surface area contributed by atoms with E-state index in [0.717, 1.165) is 0 Å². The number of esters is 1. The average Bonchev–Trinajstić information content (AvgIpc) is 2.89. The lowest BCUT2D eigenvalue weighted by molar-refractivity contribution is -0.150. The van der Waals surface area contributed by atoms with Crippen LogP contribution in [0.5, 0.6) is 5.75 Å². The van der Waals surface area contributed by atoms with E-state index in [1.807, 2.05) is 6.07 Å². The second kappa shape index (κ2) is 10.6. The van der Waals surface area contributed by atoms with E-state index in [1.165, 1.54) is 19.1 Å². The fourth-order valence-corrected chi connectivity index (χ4v) is 3.70. The fourth-order valence-electron chi connectivity index (χ4n) is 3.70. The van der Waals surface area contributed by atoms with E-state index in [2.05, 4.69) is 10.6 Å². The van der Waals surface area contributed by atoms with Crippen molar-refractivity contribution in [1.82, 2.24) is 5.32 Å². The molecule has 0 radical (unpaired) electrons. The molecule has 0 aliphatic heterocycles. The number of hydrogen-bond donors (Lipinski definition) is 2. The third kappa shape index (κ3) is 5.30. The predicted molar refractivity (Wildman–Crippen MR) is 129 cm³/mol. The lowest BCUT2D eigenvalue weighted by atomic mass is 9.83. The van der Waals surface area contributed by atoms with Crippen LogP contribution in [-0.4, -0.2) is 48.6 Å².